The third-order valence-electron chi connectivity index (χ3n) is 3.00. The molecule has 0 aliphatic rings. The zero-order valence-electron chi connectivity index (χ0n) is 12.1. The van der Waals surface area contributed by atoms with E-state index in [0.717, 1.165) is 11.6 Å². The summed E-state index contributed by atoms with van der Waals surface area (Å²) in [5, 5.41) is 4.87. The second kappa shape index (κ2) is 5.72. The molecule has 0 unspecified atom stereocenters. The molecule has 0 aromatic carbocycles. The van der Waals surface area contributed by atoms with E-state index in [2.05, 4.69) is 29.7 Å². The summed E-state index contributed by atoms with van der Waals surface area (Å²) in [5.74, 6) is -0.552. The van der Waals surface area contributed by atoms with Crippen molar-refractivity contribution in [3.63, 3.8) is 0 Å². The third-order valence-corrected chi connectivity index (χ3v) is 4.70. The highest BCUT2D eigenvalue weighted by atomic mass is 28.3. The lowest BCUT2D eigenvalue weighted by atomic mass is 10.2. The van der Waals surface area contributed by atoms with E-state index < -0.39 is 14.0 Å². The van der Waals surface area contributed by atoms with Crippen LogP contribution in [0.5, 0.6) is 0 Å². The Kier molecular flexibility index (Phi) is 4.19. The van der Waals surface area contributed by atoms with Gasteiger partial charge in [-0.25, -0.2) is 4.68 Å². The van der Waals surface area contributed by atoms with E-state index in [1.165, 1.54) is 0 Å². The number of rotatable bonds is 6. The molecule has 0 spiro atoms. The second-order valence-corrected chi connectivity index (χ2v) is 11.6. The molecule has 7 heteroatoms. The van der Waals surface area contributed by atoms with Gasteiger partial charge in [-0.1, -0.05) is 19.6 Å². The largest absolute Gasteiger partial charge is 0.364 e. The molecule has 108 valence electrons. The van der Waals surface area contributed by atoms with E-state index in [9.17, 15) is 4.79 Å². The van der Waals surface area contributed by atoms with Crippen molar-refractivity contribution < 1.29 is 9.53 Å². The van der Waals surface area contributed by atoms with Gasteiger partial charge < -0.3 is 10.5 Å². The zero-order valence-corrected chi connectivity index (χ0v) is 13.1. The first-order valence-electron chi connectivity index (χ1n) is 6.56. The number of pyridine rings is 1. The van der Waals surface area contributed by atoms with Gasteiger partial charge in [0, 0.05) is 27.1 Å². The standard InChI is InChI=1S/C13H20N4O2Si/c1-20(2,3)7-6-19-9-17-11-4-5-15-8-10(11)12(16-17)13(14)18/h4-5,8H,6-7,9H2,1-3H3,(H2,14,18). The number of nitrogens with two attached hydrogens (primary N) is 1. The van der Waals surface area contributed by atoms with Crippen molar-refractivity contribution in [1.29, 1.82) is 0 Å². The molecule has 20 heavy (non-hydrogen) atoms. The van der Waals surface area contributed by atoms with Gasteiger partial charge in [-0.05, 0) is 12.1 Å². The van der Waals surface area contributed by atoms with Crippen LogP contribution in [-0.4, -0.2) is 35.4 Å². The summed E-state index contributed by atoms with van der Waals surface area (Å²) in [6.07, 6.45) is 3.26. The molecule has 0 saturated carbocycles. The van der Waals surface area contributed by atoms with Crippen LogP contribution in [0.2, 0.25) is 25.7 Å². The quantitative estimate of drug-likeness (QED) is 0.650. The van der Waals surface area contributed by atoms with Crippen molar-refractivity contribution in [3.8, 4) is 0 Å². The van der Waals surface area contributed by atoms with Crippen LogP contribution in [-0.2, 0) is 11.5 Å². The van der Waals surface area contributed by atoms with Crippen LogP contribution < -0.4 is 5.73 Å². The number of amides is 1. The van der Waals surface area contributed by atoms with Gasteiger partial charge in [0.05, 0.1) is 10.9 Å². The molecular weight excluding hydrogens is 272 g/mol. The van der Waals surface area contributed by atoms with Crippen LogP contribution in [0.1, 0.15) is 10.5 Å². The Morgan fingerprint density at radius 3 is 2.85 bits per heavy atom. The zero-order chi connectivity index (χ0) is 14.8. The fourth-order valence-electron chi connectivity index (χ4n) is 1.83. The molecule has 2 N–H and O–H groups in total. The Balaban J connectivity index is 2.12. The normalized spacial score (nSPS) is 11.9. The van der Waals surface area contributed by atoms with Crippen LogP contribution in [0.4, 0.5) is 0 Å². The van der Waals surface area contributed by atoms with Gasteiger partial charge in [-0.3, -0.25) is 9.78 Å². The Morgan fingerprint density at radius 1 is 1.45 bits per heavy atom. The molecule has 2 rings (SSSR count). The van der Waals surface area contributed by atoms with Crippen molar-refractivity contribution in [2.24, 2.45) is 5.73 Å². The Bertz CT molecular complexity index is 618. The summed E-state index contributed by atoms with van der Waals surface area (Å²) in [7, 11) is -1.10. The highest BCUT2D eigenvalue weighted by molar-refractivity contribution is 6.76. The van der Waals surface area contributed by atoms with E-state index in [4.69, 9.17) is 10.5 Å². The molecular formula is C13H20N4O2Si. The molecule has 2 aromatic heterocycles. The first-order chi connectivity index (χ1) is 9.38. The van der Waals surface area contributed by atoms with Gasteiger partial charge >= 0.3 is 0 Å². The fourth-order valence-corrected chi connectivity index (χ4v) is 2.59. The molecule has 0 atom stereocenters. The van der Waals surface area contributed by atoms with Gasteiger partial charge in [-0.15, -0.1) is 0 Å². The van der Waals surface area contributed by atoms with Crippen LogP contribution in [0.3, 0.4) is 0 Å². The van der Waals surface area contributed by atoms with E-state index >= 15 is 0 Å². The van der Waals surface area contributed by atoms with Crippen LogP contribution in [0.15, 0.2) is 18.5 Å². The monoisotopic (exact) mass is 292 g/mol. The lowest BCUT2D eigenvalue weighted by Gasteiger charge is -2.15. The SMILES string of the molecule is C[Si](C)(C)CCOCn1nc(C(N)=O)c2cnccc21. The molecule has 0 saturated heterocycles. The first kappa shape index (κ1) is 14.7. The lowest BCUT2D eigenvalue weighted by Crippen LogP contribution is -2.22. The van der Waals surface area contributed by atoms with Crippen molar-refractivity contribution in [2.45, 2.75) is 32.4 Å². The Hall–Kier alpha value is -1.73. The lowest BCUT2D eigenvalue weighted by molar-refractivity contribution is 0.0808. The average molecular weight is 292 g/mol. The van der Waals surface area contributed by atoms with E-state index in [-0.39, 0.29) is 5.69 Å². The number of ether oxygens (including phenoxy) is 1. The molecule has 0 aliphatic carbocycles. The molecule has 0 aliphatic heterocycles. The Labute approximate surface area is 118 Å². The molecule has 6 nitrogen and oxygen atoms in total. The number of hydrogen-bond acceptors (Lipinski definition) is 4. The maximum Gasteiger partial charge on any atom is 0.269 e. The minimum atomic E-state index is -1.10. The van der Waals surface area contributed by atoms with E-state index in [1.54, 1.807) is 23.1 Å². The fraction of sp³-hybridized carbons (Fsp3) is 0.462. The van der Waals surface area contributed by atoms with Crippen molar-refractivity contribution >= 4 is 24.9 Å². The number of hydrogen-bond donors (Lipinski definition) is 1. The third kappa shape index (κ3) is 3.43. The number of carbonyl (C=O) groups excluding carboxylic acids is 1. The number of nitrogens with zero attached hydrogens (tertiary/aromatic N) is 3. The number of primary amides is 1. The minimum absolute atomic E-state index is 0.238. The molecule has 1 amide bonds. The van der Waals surface area contributed by atoms with Gasteiger partial charge in [0.15, 0.2) is 5.69 Å². The van der Waals surface area contributed by atoms with Crippen molar-refractivity contribution in [1.82, 2.24) is 14.8 Å². The second-order valence-electron chi connectivity index (χ2n) is 5.95. The van der Waals surface area contributed by atoms with Gasteiger partial charge in [0.25, 0.3) is 5.91 Å². The molecule has 0 fully saturated rings. The maximum atomic E-state index is 11.4. The summed E-state index contributed by atoms with van der Waals surface area (Å²) in [4.78, 5) is 15.4. The summed E-state index contributed by atoms with van der Waals surface area (Å²) < 4.78 is 7.31. The number of fused-ring (bicyclic) bond motifs is 1. The van der Waals surface area contributed by atoms with E-state index in [0.29, 0.717) is 18.7 Å². The summed E-state index contributed by atoms with van der Waals surface area (Å²) in [6, 6.07) is 2.90. The summed E-state index contributed by atoms with van der Waals surface area (Å²) in [6.45, 7) is 7.93. The topological polar surface area (TPSA) is 83.0 Å². The first-order valence-corrected chi connectivity index (χ1v) is 10.3. The van der Waals surface area contributed by atoms with Crippen molar-refractivity contribution in [3.05, 3.63) is 24.2 Å². The number of aromatic nitrogens is 3. The molecule has 0 radical (unpaired) electrons. The minimum Gasteiger partial charge on any atom is -0.364 e. The van der Waals surface area contributed by atoms with Gasteiger partial charge in [0.2, 0.25) is 0 Å². The molecule has 0 bridgehead atoms. The highest BCUT2D eigenvalue weighted by Gasteiger charge is 2.15. The van der Waals surface area contributed by atoms with Crippen molar-refractivity contribution in [2.75, 3.05) is 6.61 Å². The van der Waals surface area contributed by atoms with Gasteiger partial charge in [-0.2, -0.15) is 5.10 Å². The van der Waals surface area contributed by atoms with Gasteiger partial charge in [0.1, 0.15) is 6.73 Å². The van der Waals surface area contributed by atoms with Crippen LogP contribution in [0, 0.1) is 0 Å². The van der Waals surface area contributed by atoms with Crippen LogP contribution in [0.25, 0.3) is 10.9 Å². The average Bonchev–Trinajstić information content (AvgIpc) is 2.73. The van der Waals surface area contributed by atoms with Crippen LogP contribution >= 0.6 is 0 Å². The number of carbonyl (C=O) groups is 1. The smallest absolute Gasteiger partial charge is 0.269 e. The molecule has 2 heterocycles. The molecule has 2 aromatic rings. The predicted molar refractivity (Wildman–Crippen MR) is 80.2 cm³/mol. The Morgan fingerprint density at radius 2 is 2.20 bits per heavy atom. The summed E-state index contributed by atoms with van der Waals surface area (Å²) in [5.41, 5.74) is 6.37. The summed E-state index contributed by atoms with van der Waals surface area (Å²) >= 11 is 0. The highest BCUT2D eigenvalue weighted by Crippen LogP contribution is 2.17. The predicted octanol–water partition coefficient (Wildman–Crippen LogP) is 1.84. The van der Waals surface area contributed by atoms with E-state index in [1.807, 2.05) is 0 Å². The maximum absolute atomic E-state index is 11.4.